The molecule has 0 unspecified atom stereocenters. The van der Waals surface area contributed by atoms with Crippen LogP contribution in [0.4, 0.5) is 8.78 Å². The lowest BCUT2D eigenvalue weighted by Crippen LogP contribution is -2.25. The second-order valence-corrected chi connectivity index (χ2v) is 6.14. The molecular formula is C20H18F2N2O3. The number of amides is 1. The van der Waals surface area contributed by atoms with Crippen LogP contribution < -0.4 is 5.32 Å². The van der Waals surface area contributed by atoms with Crippen molar-refractivity contribution >= 4 is 22.7 Å². The molecule has 140 valence electrons. The molecule has 3 rings (SSSR count). The average Bonchev–Trinajstić information content (AvgIpc) is 2.90. The molecule has 2 N–H and O–H groups in total. The lowest BCUT2D eigenvalue weighted by molar-refractivity contribution is -0.120. The summed E-state index contributed by atoms with van der Waals surface area (Å²) in [5.74, 6) is -2.93. The summed E-state index contributed by atoms with van der Waals surface area (Å²) in [6.07, 6.45) is -0.153. The standard InChI is InChI=1S/C20H18F2N2O3/c1-3-23-17(26)10-14-11(2)24(15-7-8-16(25)19(22)18(14)15)20(27)12-5-4-6-13(21)9-12/h4-9,25H,3,10H2,1-2H3,(H,23,26). The fourth-order valence-electron chi connectivity index (χ4n) is 3.17. The first kappa shape index (κ1) is 18.6. The maximum absolute atomic E-state index is 14.7. The summed E-state index contributed by atoms with van der Waals surface area (Å²) < 4.78 is 29.4. The van der Waals surface area contributed by atoms with Crippen LogP contribution in [0.5, 0.6) is 5.75 Å². The van der Waals surface area contributed by atoms with Crippen molar-refractivity contribution in [2.24, 2.45) is 0 Å². The monoisotopic (exact) mass is 372 g/mol. The summed E-state index contributed by atoms with van der Waals surface area (Å²) in [7, 11) is 0. The smallest absolute Gasteiger partial charge is 0.262 e. The van der Waals surface area contributed by atoms with Crippen molar-refractivity contribution in [3.8, 4) is 5.75 Å². The number of phenols is 1. The molecule has 1 heterocycles. The van der Waals surface area contributed by atoms with E-state index in [4.69, 9.17) is 0 Å². The number of carbonyl (C=O) groups is 2. The molecule has 0 saturated heterocycles. The second-order valence-electron chi connectivity index (χ2n) is 6.14. The SMILES string of the molecule is CCNC(=O)Cc1c(C)n(C(=O)c2cccc(F)c2)c2ccc(O)c(F)c12. The van der Waals surface area contributed by atoms with Crippen molar-refractivity contribution < 1.29 is 23.5 Å². The number of phenolic OH excluding ortho intramolecular Hbond substituents is 1. The molecule has 2 aromatic carbocycles. The molecule has 7 heteroatoms. The van der Waals surface area contributed by atoms with Crippen LogP contribution in [0.15, 0.2) is 36.4 Å². The van der Waals surface area contributed by atoms with Gasteiger partial charge in [-0.1, -0.05) is 6.07 Å². The molecule has 0 saturated carbocycles. The first-order chi connectivity index (χ1) is 12.8. The van der Waals surface area contributed by atoms with E-state index in [9.17, 15) is 23.5 Å². The quantitative estimate of drug-likeness (QED) is 0.738. The third-order valence-electron chi connectivity index (χ3n) is 4.40. The minimum atomic E-state index is -0.902. The van der Waals surface area contributed by atoms with Crippen molar-refractivity contribution in [3.05, 3.63) is 64.9 Å². The van der Waals surface area contributed by atoms with Gasteiger partial charge in [0.2, 0.25) is 5.91 Å². The molecule has 0 spiro atoms. The summed E-state index contributed by atoms with van der Waals surface area (Å²) in [5, 5.41) is 12.4. The zero-order chi connectivity index (χ0) is 19.7. The maximum Gasteiger partial charge on any atom is 0.262 e. The molecule has 0 aliphatic carbocycles. The Balaban J connectivity index is 2.24. The number of likely N-dealkylation sites (N-methyl/N-ethyl adjacent to an activating group) is 1. The highest BCUT2D eigenvalue weighted by Crippen LogP contribution is 2.33. The molecule has 0 radical (unpaired) electrons. The lowest BCUT2D eigenvalue weighted by Gasteiger charge is -2.08. The number of aromatic hydroxyl groups is 1. The van der Waals surface area contributed by atoms with Crippen molar-refractivity contribution in [3.63, 3.8) is 0 Å². The van der Waals surface area contributed by atoms with Crippen molar-refractivity contribution in [1.82, 2.24) is 9.88 Å². The number of hydrogen-bond acceptors (Lipinski definition) is 3. The van der Waals surface area contributed by atoms with Crippen molar-refractivity contribution in [1.29, 1.82) is 0 Å². The van der Waals surface area contributed by atoms with Gasteiger partial charge in [0.25, 0.3) is 5.91 Å². The summed E-state index contributed by atoms with van der Waals surface area (Å²) in [4.78, 5) is 25.0. The lowest BCUT2D eigenvalue weighted by atomic mass is 10.1. The Morgan fingerprint density at radius 3 is 2.59 bits per heavy atom. The van der Waals surface area contributed by atoms with Gasteiger partial charge in [0.15, 0.2) is 11.6 Å². The molecule has 0 fully saturated rings. The Kier molecular flexibility index (Phi) is 4.94. The van der Waals surface area contributed by atoms with Crippen LogP contribution in [0, 0.1) is 18.6 Å². The number of rotatable bonds is 4. The molecule has 0 aliphatic heterocycles. The predicted molar refractivity (Wildman–Crippen MR) is 96.8 cm³/mol. The Morgan fingerprint density at radius 2 is 1.93 bits per heavy atom. The van der Waals surface area contributed by atoms with Crippen molar-refractivity contribution in [2.75, 3.05) is 6.54 Å². The number of aromatic nitrogens is 1. The molecule has 0 bridgehead atoms. The molecule has 5 nitrogen and oxygen atoms in total. The van der Waals surface area contributed by atoms with Crippen LogP contribution in [0.3, 0.4) is 0 Å². The van der Waals surface area contributed by atoms with Gasteiger partial charge in [-0.3, -0.25) is 14.2 Å². The zero-order valence-electron chi connectivity index (χ0n) is 14.8. The third-order valence-corrected chi connectivity index (χ3v) is 4.40. The van der Waals surface area contributed by atoms with E-state index >= 15 is 0 Å². The first-order valence-corrected chi connectivity index (χ1v) is 8.43. The van der Waals surface area contributed by atoms with E-state index in [1.165, 1.54) is 28.8 Å². The Morgan fingerprint density at radius 1 is 1.19 bits per heavy atom. The van der Waals surface area contributed by atoms with Gasteiger partial charge in [0.1, 0.15) is 5.82 Å². The van der Waals surface area contributed by atoms with E-state index in [1.807, 2.05) is 0 Å². The molecule has 27 heavy (non-hydrogen) atoms. The first-order valence-electron chi connectivity index (χ1n) is 8.43. The number of halogens is 2. The molecule has 0 aliphatic rings. The Bertz CT molecular complexity index is 1060. The fraction of sp³-hybridized carbons (Fsp3) is 0.200. The molecular weight excluding hydrogens is 354 g/mol. The molecule has 1 aromatic heterocycles. The van der Waals surface area contributed by atoms with Gasteiger partial charge in [-0.2, -0.15) is 0 Å². The fourth-order valence-corrected chi connectivity index (χ4v) is 3.17. The van der Waals surface area contributed by atoms with E-state index in [0.717, 1.165) is 12.1 Å². The number of benzene rings is 2. The number of nitrogens with one attached hydrogen (secondary N) is 1. The largest absolute Gasteiger partial charge is 0.505 e. The minimum absolute atomic E-state index is 0.00325. The Hall–Kier alpha value is -3.22. The van der Waals surface area contributed by atoms with Crippen LogP contribution in [-0.4, -0.2) is 28.0 Å². The highest BCUT2D eigenvalue weighted by molar-refractivity contribution is 6.05. The summed E-state index contributed by atoms with van der Waals surface area (Å²) >= 11 is 0. The average molecular weight is 372 g/mol. The van der Waals surface area contributed by atoms with Crippen LogP contribution in [0.25, 0.3) is 10.9 Å². The van der Waals surface area contributed by atoms with Gasteiger partial charge >= 0.3 is 0 Å². The number of carbonyl (C=O) groups excluding carboxylic acids is 2. The van der Waals surface area contributed by atoms with E-state index in [0.29, 0.717) is 17.8 Å². The highest BCUT2D eigenvalue weighted by atomic mass is 19.1. The maximum atomic E-state index is 14.7. The molecule has 3 aromatic rings. The van der Waals surface area contributed by atoms with Gasteiger partial charge in [-0.25, -0.2) is 8.78 Å². The van der Waals surface area contributed by atoms with E-state index in [1.54, 1.807) is 13.8 Å². The van der Waals surface area contributed by atoms with Gasteiger partial charge in [0, 0.05) is 23.2 Å². The van der Waals surface area contributed by atoms with Gasteiger partial charge in [-0.05, 0) is 49.7 Å². The van der Waals surface area contributed by atoms with E-state index < -0.39 is 23.3 Å². The van der Waals surface area contributed by atoms with E-state index in [-0.39, 0.29) is 28.8 Å². The topological polar surface area (TPSA) is 71.3 Å². The minimum Gasteiger partial charge on any atom is -0.505 e. The summed E-state index contributed by atoms with van der Waals surface area (Å²) in [5.41, 5.74) is 0.952. The van der Waals surface area contributed by atoms with Crippen molar-refractivity contribution in [2.45, 2.75) is 20.3 Å². The number of nitrogens with zero attached hydrogens (tertiary/aromatic N) is 1. The van der Waals surface area contributed by atoms with Gasteiger partial charge < -0.3 is 10.4 Å². The summed E-state index contributed by atoms with van der Waals surface area (Å²) in [6.45, 7) is 3.75. The van der Waals surface area contributed by atoms with Crippen LogP contribution in [0.1, 0.15) is 28.5 Å². The normalized spacial score (nSPS) is 11.0. The highest BCUT2D eigenvalue weighted by Gasteiger charge is 2.25. The summed E-state index contributed by atoms with van der Waals surface area (Å²) in [6, 6.07) is 7.72. The Labute approximate surface area is 154 Å². The predicted octanol–water partition coefficient (Wildman–Crippen LogP) is 3.30. The molecule has 1 amide bonds. The van der Waals surface area contributed by atoms with Crippen LogP contribution >= 0.6 is 0 Å². The number of fused-ring (bicyclic) bond motifs is 1. The zero-order valence-corrected chi connectivity index (χ0v) is 14.8. The van der Waals surface area contributed by atoms with Gasteiger partial charge in [-0.15, -0.1) is 0 Å². The van der Waals surface area contributed by atoms with E-state index in [2.05, 4.69) is 5.32 Å². The number of hydrogen-bond donors (Lipinski definition) is 2. The third kappa shape index (κ3) is 3.28. The van der Waals surface area contributed by atoms with Crippen LogP contribution in [-0.2, 0) is 11.2 Å². The van der Waals surface area contributed by atoms with Crippen LogP contribution in [0.2, 0.25) is 0 Å². The molecule has 0 atom stereocenters. The second kappa shape index (κ2) is 7.19. The van der Waals surface area contributed by atoms with Gasteiger partial charge in [0.05, 0.1) is 11.9 Å².